The molecule has 1 aliphatic heterocycles. The summed E-state index contributed by atoms with van der Waals surface area (Å²) in [4.78, 5) is 13.2. The third kappa shape index (κ3) is 3.34. The third-order valence-corrected chi connectivity index (χ3v) is 4.13. The smallest absolute Gasteiger partial charge is 0.240 e. The lowest BCUT2D eigenvalue weighted by molar-refractivity contribution is -0.126. The van der Waals surface area contributed by atoms with Crippen LogP contribution in [0.5, 0.6) is 5.75 Å². The van der Waals surface area contributed by atoms with Gasteiger partial charge >= 0.3 is 0 Å². The molecule has 0 saturated carbocycles. The molecule has 114 valence electrons. The Hall–Kier alpha value is -1.22. The molecule has 0 aliphatic carbocycles. The van der Waals surface area contributed by atoms with Crippen LogP contribution in [0.4, 0.5) is 8.78 Å². The molecule has 0 radical (unpaired) electrons. The molecule has 0 fully saturated rings. The molecule has 21 heavy (non-hydrogen) atoms. The monoisotopic (exact) mass is 409 g/mol. The van der Waals surface area contributed by atoms with Crippen molar-refractivity contribution in [1.29, 1.82) is 0 Å². The van der Waals surface area contributed by atoms with E-state index in [1.807, 2.05) is 22.6 Å². The van der Waals surface area contributed by atoms with E-state index in [0.29, 0.717) is 6.42 Å². The number of halogens is 3. The third-order valence-electron chi connectivity index (χ3n) is 3.09. The number of carbonyl (C=O) groups is 1. The van der Waals surface area contributed by atoms with Crippen LogP contribution >= 0.6 is 22.6 Å². The van der Waals surface area contributed by atoms with E-state index in [2.05, 4.69) is 4.74 Å². The van der Waals surface area contributed by atoms with Crippen molar-refractivity contribution in [3.05, 3.63) is 35.4 Å². The number of allylic oxidation sites excluding steroid dienone is 1. The Labute approximate surface area is 134 Å². The molecule has 0 N–H and O–H groups in total. The normalized spacial score (nSPS) is 18.7. The standard InChI is InChI=1S/C14H14F2INO3/c1-18-12(4-3-11(17)14(18)19)13-9(15)5-8(6-10(13)16)21-7-20-2/h4-6,11H,3,7H2,1-2H3. The lowest BCUT2D eigenvalue weighted by atomic mass is 10.0. The van der Waals surface area contributed by atoms with E-state index >= 15 is 0 Å². The van der Waals surface area contributed by atoms with Gasteiger partial charge in [-0.1, -0.05) is 28.7 Å². The lowest BCUT2D eigenvalue weighted by Crippen LogP contribution is -2.35. The van der Waals surface area contributed by atoms with E-state index in [4.69, 9.17) is 4.74 Å². The van der Waals surface area contributed by atoms with E-state index in [9.17, 15) is 13.6 Å². The first-order valence-corrected chi connectivity index (χ1v) is 7.43. The molecule has 0 spiro atoms. The summed E-state index contributed by atoms with van der Waals surface area (Å²) in [5.41, 5.74) is 0.0140. The Bertz CT molecular complexity index is 569. The molecular weight excluding hydrogens is 395 g/mol. The van der Waals surface area contributed by atoms with Crippen LogP contribution in [0, 0.1) is 11.6 Å². The quantitative estimate of drug-likeness (QED) is 0.436. The molecule has 0 bridgehead atoms. The molecule has 1 aromatic rings. The van der Waals surface area contributed by atoms with Crippen LogP contribution in [-0.2, 0) is 9.53 Å². The summed E-state index contributed by atoms with van der Waals surface area (Å²) in [6.45, 7) is -0.101. The van der Waals surface area contributed by atoms with Gasteiger partial charge < -0.3 is 14.4 Å². The zero-order valence-electron chi connectivity index (χ0n) is 11.5. The van der Waals surface area contributed by atoms with Crippen molar-refractivity contribution in [2.75, 3.05) is 21.0 Å². The van der Waals surface area contributed by atoms with Gasteiger partial charge in [0.1, 0.15) is 17.4 Å². The van der Waals surface area contributed by atoms with Crippen molar-refractivity contribution in [3.63, 3.8) is 0 Å². The van der Waals surface area contributed by atoms with Crippen molar-refractivity contribution < 1.29 is 23.0 Å². The zero-order valence-corrected chi connectivity index (χ0v) is 13.7. The molecule has 1 aliphatic rings. The second-order valence-corrected chi connectivity index (χ2v) is 6.01. The van der Waals surface area contributed by atoms with Gasteiger partial charge in [-0.05, 0) is 6.42 Å². The summed E-state index contributed by atoms with van der Waals surface area (Å²) in [5.74, 6) is -1.70. The van der Waals surface area contributed by atoms with Crippen molar-refractivity contribution in [2.24, 2.45) is 0 Å². The Balaban J connectivity index is 2.38. The minimum absolute atomic E-state index is 0.0350. The fourth-order valence-electron chi connectivity index (χ4n) is 2.06. The average Bonchev–Trinajstić information content (AvgIpc) is 2.44. The summed E-state index contributed by atoms with van der Waals surface area (Å²) in [6.07, 6.45) is 2.11. The lowest BCUT2D eigenvalue weighted by Gasteiger charge is -2.28. The first kappa shape index (κ1) is 16.2. The van der Waals surface area contributed by atoms with Crippen LogP contribution in [0.1, 0.15) is 12.0 Å². The van der Waals surface area contributed by atoms with Gasteiger partial charge in [-0.25, -0.2) is 8.78 Å². The molecular formula is C14H14F2INO3. The summed E-state index contributed by atoms with van der Waals surface area (Å²) >= 11 is 2.01. The van der Waals surface area contributed by atoms with Crippen LogP contribution in [0.15, 0.2) is 18.2 Å². The second-order valence-electron chi connectivity index (χ2n) is 4.50. The van der Waals surface area contributed by atoms with E-state index in [-0.39, 0.29) is 33.6 Å². The number of nitrogens with zero attached hydrogens (tertiary/aromatic N) is 1. The van der Waals surface area contributed by atoms with Gasteiger partial charge in [0.05, 0.1) is 15.2 Å². The van der Waals surface area contributed by atoms with Gasteiger partial charge in [0, 0.05) is 26.3 Å². The topological polar surface area (TPSA) is 38.8 Å². The molecule has 1 amide bonds. The van der Waals surface area contributed by atoms with Gasteiger partial charge in [0.15, 0.2) is 6.79 Å². The Kier molecular flexibility index (Phi) is 5.15. The largest absolute Gasteiger partial charge is 0.467 e. The fourth-order valence-corrected chi connectivity index (χ4v) is 2.73. The fraction of sp³-hybridized carbons (Fsp3) is 0.357. The van der Waals surface area contributed by atoms with Crippen LogP contribution in [0.2, 0.25) is 0 Å². The predicted octanol–water partition coefficient (Wildman–Crippen LogP) is 2.95. The zero-order chi connectivity index (χ0) is 15.6. The summed E-state index contributed by atoms with van der Waals surface area (Å²) in [6, 6.07) is 2.15. The minimum atomic E-state index is -0.779. The minimum Gasteiger partial charge on any atom is -0.467 e. The Morgan fingerprint density at radius 3 is 2.57 bits per heavy atom. The molecule has 1 atom stereocenters. The van der Waals surface area contributed by atoms with Crippen LogP contribution < -0.4 is 4.74 Å². The number of ether oxygens (including phenoxy) is 2. The number of carbonyl (C=O) groups excluding carboxylic acids is 1. The second kappa shape index (κ2) is 6.69. The number of alkyl halides is 1. The molecule has 4 nitrogen and oxygen atoms in total. The van der Waals surface area contributed by atoms with Gasteiger partial charge in [0.25, 0.3) is 0 Å². The molecule has 1 aromatic carbocycles. The van der Waals surface area contributed by atoms with Crippen molar-refractivity contribution in [2.45, 2.75) is 10.3 Å². The van der Waals surface area contributed by atoms with Crippen molar-refractivity contribution in [3.8, 4) is 5.75 Å². The number of rotatable bonds is 4. The summed E-state index contributed by atoms with van der Waals surface area (Å²) in [5, 5.41) is 0. The highest BCUT2D eigenvalue weighted by Crippen LogP contribution is 2.32. The van der Waals surface area contributed by atoms with Crippen LogP contribution in [0.25, 0.3) is 5.70 Å². The highest BCUT2D eigenvalue weighted by molar-refractivity contribution is 14.1. The molecule has 1 heterocycles. The molecule has 0 saturated heterocycles. The summed E-state index contributed by atoms with van der Waals surface area (Å²) in [7, 11) is 2.92. The number of methoxy groups -OCH3 is 1. The number of hydrogen-bond donors (Lipinski definition) is 0. The predicted molar refractivity (Wildman–Crippen MR) is 82.0 cm³/mol. The van der Waals surface area contributed by atoms with E-state index in [1.54, 1.807) is 6.08 Å². The van der Waals surface area contributed by atoms with Crippen LogP contribution in [0.3, 0.4) is 0 Å². The van der Waals surface area contributed by atoms with Crippen molar-refractivity contribution in [1.82, 2.24) is 4.90 Å². The molecule has 0 aromatic heterocycles. The number of hydrogen-bond acceptors (Lipinski definition) is 3. The van der Waals surface area contributed by atoms with E-state index < -0.39 is 11.6 Å². The highest BCUT2D eigenvalue weighted by Gasteiger charge is 2.29. The van der Waals surface area contributed by atoms with E-state index in [0.717, 1.165) is 12.1 Å². The van der Waals surface area contributed by atoms with Gasteiger partial charge in [-0.2, -0.15) is 0 Å². The Morgan fingerprint density at radius 1 is 1.38 bits per heavy atom. The first-order valence-electron chi connectivity index (χ1n) is 6.18. The molecule has 1 unspecified atom stereocenters. The highest BCUT2D eigenvalue weighted by atomic mass is 127. The maximum Gasteiger partial charge on any atom is 0.240 e. The molecule has 7 heteroatoms. The maximum absolute atomic E-state index is 14.2. The van der Waals surface area contributed by atoms with Gasteiger partial charge in [0.2, 0.25) is 5.91 Å². The van der Waals surface area contributed by atoms with Gasteiger partial charge in [-0.15, -0.1) is 0 Å². The van der Waals surface area contributed by atoms with Gasteiger partial charge in [-0.3, -0.25) is 4.79 Å². The maximum atomic E-state index is 14.2. The first-order chi connectivity index (χ1) is 9.95. The summed E-state index contributed by atoms with van der Waals surface area (Å²) < 4.78 is 37.8. The average molecular weight is 409 g/mol. The molecule has 2 rings (SSSR count). The van der Waals surface area contributed by atoms with Crippen molar-refractivity contribution >= 4 is 34.2 Å². The van der Waals surface area contributed by atoms with E-state index in [1.165, 1.54) is 19.1 Å². The Morgan fingerprint density at radius 2 is 2.00 bits per heavy atom. The van der Waals surface area contributed by atoms with Crippen LogP contribution in [-0.4, -0.2) is 35.7 Å². The SMILES string of the molecule is COCOc1cc(F)c(C2=CCC(I)C(=O)N2C)c(F)c1. The number of benzene rings is 1. The number of amides is 1.